The first-order valence-corrected chi connectivity index (χ1v) is 9.91. The Balaban J connectivity index is 1.45. The quantitative estimate of drug-likeness (QED) is 0.798. The number of halogens is 1. The average Bonchev–Trinajstić information content (AvgIpc) is 2.44. The van der Waals surface area contributed by atoms with Crippen LogP contribution in [0.3, 0.4) is 0 Å². The summed E-state index contributed by atoms with van der Waals surface area (Å²) in [5, 5.41) is 1.08. The topological polar surface area (TPSA) is 38.9 Å². The number of aromatic nitrogens is 1. The largest absolute Gasteiger partial charge is 0.326 e. The zero-order valence-corrected chi connectivity index (χ0v) is 14.7. The monoisotopic (exact) mass is 366 g/mol. The molecule has 1 aromatic rings. The minimum absolute atomic E-state index is 0.324. The van der Waals surface area contributed by atoms with Crippen LogP contribution in [0.4, 0.5) is 0 Å². The Labute approximate surface area is 139 Å². The predicted molar refractivity (Wildman–Crippen MR) is 91.2 cm³/mol. The maximum absolute atomic E-state index is 6.71. The molecule has 2 nitrogen and oxygen atoms in total. The van der Waals surface area contributed by atoms with Crippen molar-refractivity contribution in [3.63, 3.8) is 0 Å². The van der Waals surface area contributed by atoms with Crippen molar-refractivity contribution in [3.05, 3.63) is 22.8 Å². The van der Waals surface area contributed by atoms with Crippen LogP contribution in [-0.2, 0) is 0 Å². The summed E-state index contributed by atoms with van der Waals surface area (Å²) in [6, 6.07) is 4.35. The van der Waals surface area contributed by atoms with E-state index in [1.165, 1.54) is 38.5 Å². The van der Waals surface area contributed by atoms with Crippen LogP contribution < -0.4 is 5.73 Å². The van der Waals surface area contributed by atoms with Gasteiger partial charge >= 0.3 is 0 Å². The van der Waals surface area contributed by atoms with E-state index < -0.39 is 0 Å². The van der Waals surface area contributed by atoms with Gasteiger partial charge in [-0.1, -0.05) is 0 Å². The van der Waals surface area contributed by atoms with E-state index in [1.807, 2.05) is 24.0 Å². The van der Waals surface area contributed by atoms with Crippen LogP contribution in [0.1, 0.15) is 38.5 Å². The summed E-state index contributed by atoms with van der Waals surface area (Å²) in [6.07, 6.45) is 10.5. The normalized spacial score (nSPS) is 38.7. The molecule has 4 bridgehead atoms. The molecule has 5 rings (SSSR count). The van der Waals surface area contributed by atoms with Gasteiger partial charge in [0.05, 0.1) is 0 Å². The van der Waals surface area contributed by atoms with E-state index in [1.54, 1.807) is 0 Å². The Morgan fingerprint density at radius 1 is 1.24 bits per heavy atom. The van der Waals surface area contributed by atoms with Crippen molar-refractivity contribution in [2.24, 2.45) is 28.9 Å². The molecule has 21 heavy (non-hydrogen) atoms. The zero-order chi connectivity index (χ0) is 14.4. The van der Waals surface area contributed by atoms with Crippen LogP contribution >= 0.6 is 27.7 Å². The molecule has 4 fully saturated rings. The predicted octanol–water partition coefficient (Wildman–Crippen LogP) is 4.48. The lowest BCUT2D eigenvalue weighted by Crippen LogP contribution is -2.55. The lowest BCUT2D eigenvalue weighted by Gasteiger charge is -2.59. The van der Waals surface area contributed by atoms with Crippen LogP contribution in [-0.4, -0.2) is 16.8 Å². The average molecular weight is 367 g/mol. The number of nitrogens with two attached hydrogens (primary N) is 1. The van der Waals surface area contributed by atoms with Gasteiger partial charge in [-0.3, -0.25) is 0 Å². The third-order valence-electron chi connectivity index (χ3n) is 6.00. The number of pyridine rings is 1. The molecule has 4 aliphatic carbocycles. The van der Waals surface area contributed by atoms with E-state index in [4.69, 9.17) is 5.73 Å². The molecule has 0 radical (unpaired) electrons. The van der Waals surface area contributed by atoms with Gasteiger partial charge in [0.2, 0.25) is 0 Å². The SMILES string of the molecule is NC(CSc1ncccc1Br)C12CC3CC(CC(C3)C1)C2. The van der Waals surface area contributed by atoms with Gasteiger partial charge in [-0.05, 0) is 89.8 Å². The lowest BCUT2D eigenvalue weighted by molar-refractivity contribution is -0.0629. The summed E-state index contributed by atoms with van der Waals surface area (Å²) in [5.74, 6) is 3.94. The third-order valence-corrected chi connectivity index (χ3v) is 8.02. The number of thioether (sulfide) groups is 1. The molecule has 0 aliphatic heterocycles. The molecule has 4 heteroatoms. The van der Waals surface area contributed by atoms with Crippen LogP contribution in [0.5, 0.6) is 0 Å². The van der Waals surface area contributed by atoms with Crippen molar-refractivity contribution in [2.75, 3.05) is 5.75 Å². The van der Waals surface area contributed by atoms with Crippen molar-refractivity contribution >= 4 is 27.7 Å². The van der Waals surface area contributed by atoms with Crippen LogP contribution in [0.25, 0.3) is 0 Å². The van der Waals surface area contributed by atoms with E-state index >= 15 is 0 Å². The summed E-state index contributed by atoms with van der Waals surface area (Å²) >= 11 is 5.41. The molecule has 1 unspecified atom stereocenters. The molecule has 1 aromatic heterocycles. The van der Waals surface area contributed by atoms with Crippen molar-refractivity contribution in [3.8, 4) is 0 Å². The van der Waals surface area contributed by atoms with Gasteiger partial charge in [0.15, 0.2) is 0 Å². The van der Waals surface area contributed by atoms with Crippen molar-refractivity contribution in [2.45, 2.75) is 49.6 Å². The minimum atomic E-state index is 0.324. The highest BCUT2D eigenvalue weighted by molar-refractivity contribution is 9.10. The Morgan fingerprint density at radius 2 is 1.86 bits per heavy atom. The van der Waals surface area contributed by atoms with Gasteiger partial charge in [-0.25, -0.2) is 4.98 Å². The Bertz CT molecular complexity index is 498. The van der Waals surface area contributed by atoms with Gasteiger partial charge in [-0.15, -0.1) is 11.8 Å². The number of hydrogen-bond acceptors (Lipinski definition) is 3. The molecule has 0 amide bonds. The maximum Gasteiger partial charge on any atom is 0.110 e. The lowest BCUT2D eigenvalue weighted by atomic mass is 9.48. The first kappa shape index (κ1) is 14.5. The highest BCUT2D eigenvalue weighted by Gasteiger charge is 2.53. The first-order chi connectivity index (χ1) is 10.1. The summed E-state index contributed by atoms with van der Waals surface area (Å²) in [4.78, 5) is 4.46. The van der Waals surface area contributed by atoms with E-state index in [9.17, 15) is 0 Å². The smallest absolute Gasteiger partial charge is 0.110 e. The Morgan fingerprint density at radius 3 is 2.43 bits per heavy atom. The molecule has 1 atom stereocenters. The second-order valence-electron chi connectivity index (χ2n) is 7.49. The van der Waals surface area contributed by atoms with Crippen LogP contribution in [0.2, 0.25) is 0 Å². The zero-order valence-electron chi connectivity index (χ0n) is 12.3. The molecule has 4 saturated carbocycles. The molecule has 0 aromatic carbocycles. The van der Waals surface area contributed by atoms with Crippen LogP contribution in [0.15, 0.2) is 27.8 Å². The highest BCUT2D eigenvalue weighted by Crippen LogP contribution is 2.61. The van der Waals surface area contributed by atoms with Gasteiger partial charge in [-0.2, -0.15) is 0 Å². The molecule has 2 N–H and O–H groups in total. The second-order valence-corrected chi connectivity index (χ2v) is 9.35. The summed E-state index contributed by atoms with van der Waals surface area (Å²) in [7, 11) is 0. The fourth-order valence-corrected chi connectivity index (χ4v) is 7.09. The van der Waals surface area contributed by atoms with Gasteiger partial charge in [0, 0.05) is 22.5 Å². The van der Waals surface area contributed by atoms with E-state index in [2.05, 4.69) is 27.0 Å². The van der Waals surface area contributed by atoms with Crippen molar-refractivity contribution < 1.29 is 0 Å². The summed E-state index contributed by atoms with van der Waals surface area (Å²) in [6.45, 7) is 0. The maximum atomic E-state index is 6.71. The Hall–Kier alpha value is -0.0600. The number of hydrogen-bond donors (Lipinski definition) is 1. The molecular formula is C17H23BrN2S. The third kappa shape index (κ3) is 2.68. The molecule has 0 saturated heterocycles. The Kier molecular flexibility index (Phi) is 3.83. The van der Waals surface area contributed by atoms with Gasteiger partial charge in [0.1, 0.15) is 5.03 Å². The van der Waals surface area contributed by atoms with Crippen molar-refractivity contribution in [1.82, 2.24) is 4.98 Å². The van der Waals surface area contributed by atoms with Crippen LogP contribution in [0, 0.1) is 23.2 Å². The van der Waals surface area contributed by atoms with E-state index in [-0.39, 0.29) is 0 Å². The minimum Gasteiger partial charge on any atom is -0.326 e. The molecule has 1 heterocycles. The standard InChI is InChI=1S/C17H23BrN2S/c18-14-2-1-3-20-16(14)21-10-15(19)17-7-11-4-12(8-17)6-13(5-11)9-17/h1-3,11-13,15H,4-10,19H2. The van der Waals surface area contributed by atoms with E-state index in [0.717, 1.165) is 33.0 Å². The summed E-state index contributed by atoms with van der Waals surface area (Å²) in [5.41, 5.74) is 7.15. The van der Waals surface area contributed by atoms with Gasteiger partial charge < -0.3 is 5.73 Å². The first-order valence-electron chi connectivity index (χ1n) is 8.13. The molecule has 4 aliphatic rings. The van der Waals surface area contributed by atoms with Gasteiger partial charge in [0.25, 0.3) is 0 Å². The van der Waals surface area contributed by atoms with E-state index in [0.29, 0.717) is 11.5 Å². The fraction of sp³-hybridized carbons (Fsp3) is 0.706. The number of rotatable bonds is 4. The molecular weight excluding hydrogens is 344 g/mol. The fourth-order valence-electron chi connectivity index (χ4n) is 5.45. The summed E-state index contributed by atoms with van der Waals surface area (Å²) < 4.78 is 1.09. The van der Waals surface area contributed by atoms with Crippen molar-refractivity contribution in [1.29, 1.82) is 0 Å². The molecule has 114 valence electrons. The number of nitrogens with zero attached hydrogens (tertiary/aromatic N) is 1. The second kappa shape index (κ2) is 5.54. The molecule has 0 spiro atoms. The highest BCUT2D eigenvalue weighted by atomic mass is 79.9.